The van der Waals surface area contributed by atoms with Crippen LogP contribution in [0.3, 0.4) is 0 Å². The summed E-state index contributed by atoms with van der Waals surface area (Å²) in [5.74, 6) is -0.584. The van der Waals surface area contributed by atoms with Crippen molar-refractivity contribution in [2.75, 3.05) is 11.9 Å². The molecule has 144 valence electrons. The number of sulfonamides is 1. The summed E-state index contributed by atoms with van der Waals surface area (Å²) in [7, 11) is -3.80. The standard InChI is InChI=1S/C18H20N2O6S/c1-12(2)26-15-7-3-13(4-8-15)18(22)25-11-17(21)20-14-5-9-16(10-6-14)27(19,23)24/h3-10,12H,11H2,1-2H3,(H,20,21)(H2,19,23,24). The van der Waals surface area contributed by atoms with Gasteiger partial charge in [-0.1, -0.05) is 0 Å². The lowest BCUT2D eigenvalue weighted by atomic mass is 10.2. The van der Waals surface area contributed by atoms with Crippen molar-refractivity contribution in [3.8, 4) is 5.75 Å². The van der Waals surface area contributed by atoms with Gasteiger partial charge < -0.3 is 14.8 Å². The number of carbonyl (C=O) groups excluding carboxylic acids is 2. The molecule has 0 aromatic heterocycles. The fourth-order valence-corrected chi connectivity index (χ4v) is 2.60. The van der Waals surface area contributed by atoms with Crippen molar-refractivity contribution in [1.82, 2.24) is 0 Å². The van der Waals surface area contributed by atoms with E-state index in [0.717, 1.165) is 0 Å². The summed E-state index contributed by atoms with van der Waals surface area (Å²) in [6, 6.07) is 11.7. The van der Waals surface area contributed by atoms with Gasteiger partial charge in [-0.25, -0.2) is 18.4 Å². The minimum Gasteiger partial charge on any atom is -0.491 e. The Kier molecular flexibility index (Phi) is 6.54. The van der Waals surface area contributed by atoms with Gasteiger partial charge in [0.05, 0.1) is 16.6 Å². The van der Waals surface area contributed by atoms with E-state index in [4.69, 9.17) is 14.6 Å². The number of hydrogen-bond donors (Lipinski definition) is 2. The van der Waals surface area contributed by atoms with Crippen LogP contribution in [0.2, 0.25) is 0 Å². The van der Waals surface area contributed by atoms with Crippen LogP contribution in [-0.4, -0.2) is 33.0 Å². The Balaban J connectivity index is 1.86. The van der Waals surface area contributed by atoms with E-state index in [9.17, 15) is 18.0 Å². The fourth-order valence-electron chi connectivity index (χ4n) is 2.08. The largest absolute Gasteiger partial charge is 0.491 e. The monoisotopic (exact) mass is 392 g/mol. The van der Waals surface area contributed by atoms with E-state index in [1.165, 1.54) is 24.3 Å². The number of rotatable bonds is 7. The van der Waals surface area contributed by atoms with Gasteiger partial charge in [-0.3, -0.25) is 4.79 Å². The van der Waals surface area contributed by atoms with E-state index in [-0.39, 0.29) is 16.6 Å². The Morgan fingerprint density at radius 1 is 1.04 bits per heavy atom. The van der Waals surface area contributed by atoms with Gasteiger partial charge in [0.25, 0.3) is 5.91 Å². The van der Waals surface area contributed by atoms with Gasteiger partial charge in [0, 0.05) is 5.69 Å². The molecule has 2 rings (SSSR count). The van der Waals surface area contributed by atoms with E-state index in [2.05, 4.69) is 5.32 Å². The molecule has 0 spiro atoms. The average Bonchev–Trinajstić information content (AvgIpc) is 2.59. The van der Waals surface area contributed by atoms with Crippen LogP contribution >= 0.6 is 0 Å². The van der Waals surface area contributed by atoms with Crippen LogP contribution in [0.1, 0.15) is 24.2 Å². The Bertz CT molecular complexity index is 906. The second-order valence-corrected chi connectivity index (χ2v) is 7.45. The van der Waals surface area contributed by atoms with Gasteiger partial charge in [0.15, 0.2) is 6.61 Å². The Morgan fingerprint density at radius 3 is 2.15 bits per heavy atom. The van der Waals surface area contributed by atoms with Gasteiger partial charge in [-0.2, -0.15) is 0 Å². The van der Waals surface area contributed by atoms with Crippen LogP contribution < -0.4 is 15.2 Å². The highest BCUT2D eigenvalue weighted by molar-refractivity contribution is 7.89. The van der Waals surface area contributed by atoms with Crippen LogP contribution in [0.15, 0.2) is 53.4 Å². The highest BCUT2D eigenvalue weighted by atomic mass is 32.2. The zero-order valence-corrected chi connectivity index (χ0v) is 15.7. The molecule has 0 atom stereocenters. The summed E-state index contributed by atoms with van der Waals surface area (Å²) < 4.78 is 32.8. The molecule has 1 amide bonds. The number of primary sulfonamides is 1. The van der Waals surface area contributed by atoms with Gasteiger partial charge in [0.1, 0.15) is 5.75 Å². The molecule has 27 heavy (non-hydrogen) atoms. The van der Waals surface area contributed by atoms with Gasteiger partial charge in [-0.15, -0.1) is 0 Å². The number of benzene rings is 2. The SMILES string of the molecule is CC(C)Oc1ccc(C(=O)OCC(=O)Nc2ccc(S(N)(=O)=O)cc2)cc1. The maximum atomic E-state index is 12.0. The topological polar surface area (TPSA) is 125 Å². The van der Waals surface area contributed by atoms with Crippen molar-refractivity contribution in [2.45, 2.75) is 24.8 Å². The Labute approximate surface area is 157 Å². The number of nitrogens with two attached hydrogens (primary N) is 1. The zero-order chi connectivity index (χ0) is 20.0. The summed E-state index contributed by atoms with van der Waals surface area (Å²) in [5, 5.41) is 7.48. The molecule has 0 aliphatic carbocycles. The molecule has 9 heteroatoms. The summed E-state index contributed by atoms with van der Waals surface area (Å²) >= 11 is 0. The summed E-state index contributed by atoms with van der Waals surface area (Å²) in [6.07, 6.45) is 0.0190. The molecule has 2 aromatic rings. The van der Waals surface area contributed by atoms with Crippen molar-refractivity contribution in [3.63, 3.8) is 0 Å². The summed E-state index contributed by atoms with van der Waals surface area (Å²) in [4.78, 5) is 23.7. The molecule has 0 radical (unpaired) electrons. The van der Waals surface area contributed by atoms with Crippen molar-refractivity contribution in [2.24, 2.45) is 5.14 Å². The molecule has 2 aromatic carbocycles. The van der Waals surface area contributed by atoms with E-state index < -0.39 is 28.5 Å². The number of hydrogen-bond acceptors (Lipinski definition) is 6. The maximum absolute atomic E-state index is 12.0. The highest BCUT2D eigenvalue weighted by Gasteiger charge is 2.12. The fraction of sp³-hybridized carbons (Fsp3) is 0.222. The first-order valence-electron chi connectivity index (χ1n) is 8.02. The summed E-state index contributed by atoms with van der Waals surface area (Å²) in [5.41, 5.74) is 0.634. The predicted octanol–water partition coefficient (Wildman–Crippen LogP) is 1.92. The molecule has 3 N–H and O–H groups in total. The molecular weight excluding hydrogens is 372 g/mol. The molecule has 0 unspecified atom stereocenters. The number of esters is 1. The number of nitrogens with one attached hydrogen (secondary N) is 1. The average molecular weight is 392 g/mol. The minimum atomic E-state index is -3.80. The Morgan fingerprint density at radius 2 is 1.63 bits per heavy atom. The van der Waals surface area contributed by atoms with E-state index in [1.807, 2.05) is 13.8 Å². The van der Waals surface area contributed by atoms with Crippen LogP contribution in [0.25, 0.3) is 0 Å². The van der Waals surface area contributed by atoms with Crippen LogP contribution in [0.4, 0.5) is 5.69 Å². The molecule has 0 saturated carbocycles. The normalized spacial score (nSPS) is 11.1. The number of anilines is 1. The zero-order valence-electron chi connectivity index (χ0n) is 14.8. The van der Waals surface area contributed by atoms with Gasteiger partial charge in [-0.05, 0) is 62.4 Å². The second kappa shape index (κ2) is 8.65. The highest BCUT2D eigenvalue weighted by Crippen LogP contribution is 2.15. The smallest absolute Gasteiger partial charge is 0.338 e. The first-order valence-corrected chi connectivity index (χ1v) is 9.56. The van der Waals surface area contributed by atoms with Crippen molar-refractivity contribution in [3.05, 3.63) is 54.1 Å². The number of carbonyl (C=O) groups is 2. The molecule has 0 saturated heterocycles. The summed E-state index contributed by atoms with van der Waals surface area (Å²) in [6.45, 7) is 3.30. The molecular formula is C18H20N2O6S. The lowest BCUT2D eigenvalue weighted by Crippen LogP contribution is -2.21. The van der Waals surface area contributed by atoms with E-state index >= 15 is 0 Å². The quantitative estimate of drug-likeness (QED) is 0.694. The van der Waals surface area contributed by atoms with Crippen molar-refractivity contribution >= 4 is 27.6 Å². The van der Waals surface area contributed by atoms with Gasteiger partial charge >= 0.3 is 5.97 Å². The second-order valence-electron chi connectivity index (χ2n) is 5.88. The van der Waals surface area contributed by atoms with Crippen molar-refractivity contribution < 1.29 is 27.5 Å². The number of ether oxygens (including phenoxy) is 2. The minimum absolute atomic E-state index is 0.0190. The number of amides is 1. The van der Waals surface area contributed by atoms with E-state index in [0.29, 0.717) is 11.4 Å². The lowest BCUT2D eigenvalue weighted by Gasteiger charge is -2.10. The lowest BCUT2D eigenvalue weighted by molar-refractivity contribution is -0.119. The van der Waals surface area contributed by atoms with Crippen LogP contribution in [0, 0.1) is 0 Å². The van der Waals surface area contributed by atoms with Gasteiger partial charge in [0.2, 0.25) is 10.0 Å². The third-order valence-corrected chi connectivity index (χ3v) is 4.19. The molecule has 0 aliphatic rings. The molecule has 8 nitrogen and oxygen atoms in total. The predicted molar refractivity (Wildman–Crippen MR) is 98.9 cm³/mol. The third-order valence-electron chi connectivity index (χ3n) is 3.26. The molecule has 0 bridgehead atoms. The Hall–Kier alpha value is -2.91. The maximum Gasteiger partial charge on any atom is 0.338 e. The molecule has 0 fully saturated rings. The van der Waals surface area contributed by atoms with E-state index in [1.54, 1.807) is 24.3 Å². The van der Waals surface area contributed by atoms with Crippen molar-refractivity contribution in [1.29, 1.82) is 0 Å². The molecule has 0 heterocycles. The third kappa shape index (κ3) is 6.39. The first-order chi connectivity index (χ1) is 12.6. The molecule has 0 aliphatic heterocycles. The first kappa shape index (κ1) is 20.4. The van der Waals surface area contributed by atoms with Crippen LogP contribution in [0.5, 0.6) is 5.75 Å². The van der Waals surface area contributed by atoms with Crippen LogP contribution in [-0.2, 0) is 19.6 Å².